The first-order valence-corrected chi connectivity index (χ1v) is 6.53. The van der Waals surface area contributed by atoms with E-state index < -0.39 is 11.9 Å². The molecule has 1 aromatic carbocycles. The predicted octanol–water partition coefficient (Wildman–Crippen LogP) is 3.02. The lowest BCUT2D eigenvalue weighted by molar-refractivity contribution is 0.0936. The molecule has 7 heteroatoms. The minimum absolute atomic E-state index is 0.371. The monoisotopic (exact) mass is 307 g/mol. The minimum atomic E-state index is -0.580. The number of furan rings is 1. The molecule has 1 heterocycles. The maximum absolute atomic E-state index is 11.9. The number of hydrogen-bond donors (Lipinski definition) is 3. The number of anilines is 1. The fourth-order valence-electron chi connectivity index (χ4n) is 1.77. The number of carbonyl (C=O) groups is 2. The highest BCUT2D eigenvalue weighted by Gasteiger charge is 2.14. The highest BCUT2D eigenvalue weighted by atomic mass is 35.5. The molecule has 0 aliphatic carbocycles. The van der Waals surface area contributed by atoms with Gasteiger partial charge in [0.25, 0.3) is 5.91 Å². The van der Waals surface area contributed by atoms with Crippen molar-refractivity contribution in [3.05, 3.63) is 52.4 Å². The molecule has 21 heavy (non-hydrogen) atoms. The summed E-state index contributed by atoms with van der Waals surface area (Å²) < 4.78 is 5.25. The van der Waals surface area contributed by atoms with Crippen molar-refractivity contribution in [2.45, 2.75) is 13.8 Å². The third kappa shape index (κ3) is 4.00. The van der Waals surface area contributed by atoms with E-state index in [9.17, 15) is 9.59 Å². The fraction of sp³-hybridized carbons (Fsp3) is 0.143. The van der Waals surface area contributed by atoms with Crippen molar-refractivity contribution in [1.29, 1.82) is 0 Å². The summed E-state index contributed by atoms with van der Waals surface area (Å²) in [5.41, 5.74) is 5.43. The normalized spacial score (nSPS) is 10.0. The summed E-state index contributed by atoms with van der Waals surface area (Å²) >= 11 is 5.80. The molecule has 0 radical (unpaired) electrons. The van der Waals surface area contributed by atoms with Gasteiger partial charge in [0.2, 0.25) is 0 Å². The molecule has 0 fully saturated rings. The van der Waals surface area contributed by atoms with E-state index in [1.165, 1.54) is 0 Å². The van der Waals surface area contributed by atoms with Crippen molar-refractivity contribution >= 4 is 29.2 Å². The lowest BCUT2D eigenvalue weighted by atomic mass is 10.2. The molecule has 3 amide bonds. The lowest BCUT2D eigenvalue weighted by Gasteiger charge is -2.08. The molecular formula is C14H14ClN3O3. The number of hydrazine groups is 1. The number of hydrogen-bond acceptors (Lipinski definition) is 3. The van der Waals surface area contributed by atoms with Crippen molar-refractivity contribution < 1.29 is 14.0 Å². The Morgan fingerprint density at radius 3 is 2.52 bits per heavy atom. The number of carbonyl (C=O) groups excluding carboxylic acids is 2. The Kier molecular flexibility index (Phi) is 4.49. The van der Waals surface area contributed by atoms with E-state index in [1.54, 1.807) is 44.2 Å². The van der Waals surface area contributed by atoms with Gasteiger partial charge in [-0.3, -0.25) is 10.2 Å². The number of urea groups is 1. The van der Waals surface area contributed by atoms with Gasteiger partial charge in [-0.2, -0.15) is 0 Å². The van der Waals surface area contributed by atoms with Crippen LogP contribution in [0.4, 0.5) is 10.5 Å². The highest BCUT2D eigenvalue weighted by Crippen LogP contribution is 2.15. The summed E-state index contributed by atoms with van der Waals surface area (Å²) in [5.74, 6) is 0.661. The highest BCUT2D eigenvalue weighted by molar-refractivity contribution is 6.30. The number of aryl methyl sites for hydroxylation is 2. The number of nitrogens with one attached hydrogen (secondary N) is 3. The molecular weight excluding hydrogens is 294 g/mol. The van der Waals surface area contributed by atoms with Crippen LogP contribution in [0.2, 0.25) is 5.02 Å². The SMILES string of the molecule is Cc1cc(C(=O)NNC(=O)Nc2cccc(Cl)c2)c(C)o1. The first-order valence-electron chi connectivity index (χ1n) is 6.15. The zero-order chi connectivity index (χ0) is 15.4. The Morgan fingerprint density at radius 1 is 1.14 bits per heavy atom. The van der Waals surface area contributed by atoms with Gasteiger partial charge in [0.15, 0.2) is 0 Å². The number of amides is 3. The van der Waals surface area contributed by atoms with Crippen LogP contribution in [0, 0.1) is 13.8 Å². The third-order valence-corrected chi connectivity index (χ3v) is 2.89. The topological polar surface area (TPSA) is 83.4 Å². The summed E-state index contributed by atoms with van der Waals surface area (Å²) in [4.78, 5) is 23.5. The van der Waals surface area contributed by atoms with Crippen molar-refractivity contribution in [2.75, 3.05) is 5.32 Å². The van der Waals surface area contributed by atoms with E-state index >= 15 is 0 Å². The van der Waals surface area contributed by atoms with E-state index in [1.807, 2.05) is 0 Å². The first-order chi connectivity index (χ1) is 9.95. The molecule has 0 unspecified atom stereocenters. The Balaban J connectivity index is 1.89. The number of benzene rings is 1. The van der Waals surface area contributed by atoms with Crippen LogP contribution in [-0.2, 0) is 0 Å². The van der Waals surface area contributed by atoms with Crippen LogP contribution in [0.1, 0.15) is 21.9 Å². The Bertz CT molecular complexity index is 682. The number of halogens is 1. The second-order valence-electron chi connectivity index (χ2n) is 4.37. The van der Waals surface area contributed by atoms with E-state index in [0.717, 1.165) is 0 Å². The second kappa shape index (κ2) is 6.32. The van der Waals surface area contributed by atoms with Crippen LogP contribution in [0.15, 0.2) is 34.7 Å². The van der Waals surface area contributed by atoms with Gasteiger partial charge in [0.1, 0.15) is 11.5 Å². The van der Waals surface area contributed by atoms with Crippen LogP contribution in [0.25, 0.3) is 0 Å². The van der Waals surface area contributed by atoms with Gasteiger partial charge in [-0.05, 0) is 38.1 Å². The van der Waals surface area contributed by atoms with E-state index in [4.69, 9.17) is 16.0 Å². The summed E-state index contributed by atoms with van der Waals surface area (Å²) in [6, 6.07) is 7.68. The van der Waals surface area contributed by atoms with Crippen LogP contribution in [-0.4, -0.2) is 11.9 Å². The molecule has 0 bridgehead atoms. The average molecular weight is 308 g/mol. The van der Waals surface area contributed by atoms with Crippen LogP contribution in [0.3, 0.4) is 0 Å². The first kappa shape index (κ1) is 14.9. The summed E-state index contributed by atoms with van der Waals surface area (Å²) in [7, 11) is 0. The summed E-state index contributed by atoms with van der Waals surface area (Å²) in [5, 5.41) is 3.04. The van der Waals surface area contributed by atoms with E-state index in [-0.39, 0.29) is 0 Å². The zero-order valence-electron chi connectivity index (χ0n) is 11.5. The molecule has 0 aliphatic rings. The molecule has 0 saturated heterocycles. The fourth-order valence-corrected chi connectivity index (χ4v) is 1.96. The lowest BCUT2D eigenvalue weighted by Crippen LogP contribution is -2.44. The van der Waals surface area contributed by atoms with Gasteiger partial charge in [0.05, 0.1) is 5.56 Å². The summed E-state index contributed by atoms with van der Waals surface area (Å²) in [6.07, 6.45) is 0. The molecule has 1 aromatic heterocycles. The van der Waals surface area contributed by atoms with Crippen LogP contribution < -0.4 is 16.2 Å². The van der Waals surface area contributed by atoms with Gasteiger partial charge in [-0.1, -0.05) is 17.7 Å². The number of rotatable bonds is 2. The van der Waals surface area contributed by atoms with E-state index in [0.29, 0.717) is 27.8 Å². The van der Waals surface area contributed by atoms with E-state index in [2.05, 4.69) is 16.2 Å². The molecule has 2 rings (SSSR count). The molecule has 2 aromatic rings. The Hall–Kier alpha value is -2.47. The van der Waals surface area contributed by atoms with Gasteiger partial charge in [-0.25, -0.2) is 10.2 Å². The average Bonchev–Trinajstić information content (AvgIpc) is 2.75. The van der Waals surface area contributed by atoms with Crippen molar-refractivity contribution in [1.82, 2.24) is 10.9 Å². The Morgan fingerprint density at radius 2 is 1.90 bits per heavy atom. The molecule has 0 atom stereocenters. The molecule has 6 nitrogen and oxygen atoms in total. The predicted molar refractivity (Wildman–Crippen MR) is 79.3 cm³/mol. The minimum Gasteiger partial charge on any atom is -0.466 e. The molecule has 0 aliphatic heterocycles. The van der Waals surface area contributed by atoms with Crippen LogP contribution >= 0.6 is 11.6 Å². The van der Waals surface area contributed by atoms with Gasteiger partial charge >= 0.3 is 6.03 Å². The maximum atomic E-state index is 11.9. The van der Waals surface area contributed by atoms with Crippen molar-refractivity contribution in [2.24, 2.45) is 0 Å². The van der Waals surface area contributed by atoms with Crippen molar-refractivity contribution in [3.63, 3.8) is 0 Å². The largest absolute Gasteiger partial charge is 0.466 e. The standard InChI is InChI=1S/C14H14ClN3O3/c1-8-6-12(9(2)21-8)13(19)17-18-14(20)16-11-5-3-4-10(15)7-11/h3-7H,1-2H3,(H,17,19)(H2,16,18,20). The van der Waals surface area contributed by atoms with Gasteiger partial charge < -0.3 is 9.73 Å². The second-order valence-corrected chi connectivity index (χ2v) is 4.81. The molecule has 3 N–H and O–H groups in total. The smallest absolute Gasteiger partial charge is 0.337 e. The zero-order valence-corrected chi connectivity index (χ0v) is 12.2. The maximum Gasteiger partial charge on any atom is 0.337 e. The third-order valence-electron chi connectivity index (χ3n) is 2.66. The molecule has 0 spiro atoms. The Labute approximate surface area is 126 Å². The summed E-state index contributed by atoms with van der Waals surface area (Å²) in [6.45, 7) is 3.41. The molecule has 110 valence electrons. The van der Waals surface area contributed by atoms with Gasteiger partial charge in [0, 0.05) is 10.7 Å². The van der Waals surface area contributed by atoms with Crippen LogP contribution in [0.5, 0.6) is 0 Å². The van der Waals surface area contributed by atoms with Gasteiger partial charge in [-0.15, -0.1) is 0 Å². The quantitative estimate of drug-likeness (QED) is 0.746. The molecule has 0 saturated carbocycles. The van der Waals surface area contributed by atoms with Crippen molar-refractivity contribution in [3.8, 4) is 0 Å².